The molecular weight excluding hydrogens is 657 g/mol. The molecule has 1 heterocycles. The van der Waals surface area contributed by atoms with E-state index in [0.717, 1.165) is 23.7 Å². The van der Waals surface area contributed by atoms with Gasteiger partial charge in [0.25, 0.3) is 0 Å². The molecule has 5 aliphatic rings. The first-order valence-electron chi connectivity index (χ1n) is 19.8. The third-order valence-corrected chi connectivity index (χ3v) is 15.6. The van der Waals surface area contributed by atoms with E-state index in [4.69, 9.17) is 0 Å². The maximum atomic E-state index is 2.52. The molecule has 0 saturated heterocycles. The van der Waals surface area contributed by atoms with Crippen LogP contribution in [0.4, 0.5) is 0 Å². The highest BCUT2D eigenvalue weighted by molar-refractivity contribution is 7.25. The van der Waals surface area contributed by atoms with Gasteiger partial charge in [0.05, 0.1) is 0 Å². The van der Waals surface area contributed by atoms with Crippen LogP contribution in [0.3, 0.4) is 0 Å². The Morgan fingerprint density at radius 1 is 0.396 bits per heavy atom. The lowest BCUT2D eigenvalue weighted by atomic mass is 9.43. The fourth-order valence-electron chi connectivity index (χ4n) is 12.8. The molecule has 0 radical (unpaired) electrons. The number of fused-ring (bicyclic) bond motifs is 10. The van der Waals surface area contributed by atoms with Gasteiger partial charge in [0, 0.05) is 25.6 Å². The van der Waals surface area contributed by atoms with Crippen LogP contribution >= 0.6 is 11.3 Å². The van der Waals surface area contributed by atoms with Crippen molar-refractivity contribution in [3.63, 3.8) is 0 Å². The molecule has 252 valence electrons. The summed E-state index contributed by atoms with van der Waals surface area (Å²) >= 11 is 1.91. The molecule has 14 rings (SSSR count). The lowest BCUT2D eigenvalue weighted by molar-refractivity contribution is -0.0393. The number of rotatable bonds is 2. The van der Waals surface area contributed by atoms with Gasteiger partial charge in [-0.2, -0.15) is 0 Å². The van der Waals surface area contributed by atoms with E-state index in [0.29, 0.717) is 0 Å². The Morgan fingerprint density at radius 3 is 1.70 bits per heavy atom. The molecule has 4 fully saturated rings. The summed E-state index contributed by atoms with van der Waals surface area (Å²) in [5.41, 5.74) is 11.8. The molecule has 0 amide bonds. The minimum Gasteiger partial charge on any atom is -0.135 e. The van der Waals surface area contributed by atoms with Crippen LogP contribution in [0.25, 0.3) is 85.9 Å². The molecule has 0 aliphatic heterocycles. The lowest BCUT2D eigenvalue weighted by Crippen LogP contribution is -2.55. The summed E-state index contributed by atoms with van der Waals surface area (Å²) < 4.78 is 2.70. The molecular formula is C52H38S. The summed E-state index contributed by atoms with van der Waals surface area (Å²) in [7, 11) is 0. The second-order valence-electron chi connectivity index (χ2n) is 16.8. The van der Waals surface area contributed by atoms with Gasteiger partial charge >= 0.3 is 0 Å². The van der Waals surface area contributed by atoms with Crippen LogP contribution in [0, 0.1) is 23.7 Å². The number of benzene rings is 8. The van der Waals surface area contributed by atoms with E-state index >= 15 is 0 Å². The molecule has 1 spiro atoms. The first kappa shape index (κ1) is 29.2. The predicted octanol–water partition coefficient (Wildman–Crippen LogP) is 14.6. The van der Waals surface area contributed by atoms with E-state index in [1.807, 2.05) is 11.3 Å². The Kier molecular flexibility index (Phi) is 5.77. The molecule has 53 heavy (non-hydrogen) atoms. The minimum absolute atomic E-state index is 0.136. The molecule has 9 aromatic rings. The van der Waals surface area contributed by atoms with Gasteiger partial charge in [0.15, 0.2) is 0 Å². The topological polar surface area (TPSA) is 0 Å². The number of hydrogen-bond acceptors (Lipinski definition) is 1. The molecule has 4 saturated carbocycles. The standard InChI is InChI=1S/C52H38S/c1-3-14-42-40(12-1)49(32-20-21-38-37-11-6-8-19-47(37)53-48(38)29-32)41-13-2-4-15-43(41)50(42)39-16-9-17-44-35(39)22-23-45-36-10-5-7-18-46(36)52(51(44)45)33-25-30-24-31(27-33)28-34(52)26-30/h1-23,29-31,33-34H,24-28H2. The lowest BCUT2D eigenvalue weighted by Gasteiger charge is -2.61. The average molecular weight is 695 g/mol. The molecule has 0 unspecified atom stereocenters. The molecule has 5 aliphatic carbocycles. The van der Waals surface area contributed by atoms with Crippen molar-refractivity contribution in [3.8, 4) is 33.4 Å². The Morgan fingerprint density at radius 2 is 0.962 bits per heavy atom. The summed E-state index contributed by atoms with van der Waals surface area (Å²) in [6.45, 7) is 0. The molecule has 1 aromatic heterocycles. The number of hydrogen-bond donors (Lipinski definition) is 0. The molecule has 0 nitrogen and oxygen atoms in total. The van der Waals surface area contributed by atoms with E-state index in [2.05, 4.69) is 146 Å². The van der Waals surface area contributed by atoms with Crippen molar-refractivity contribution in [1.29, 1.82) is 0 Å². The zero-order chi connectivity index (χ0) is 34.4. The Bertz CT molecular complexity index is 2940. The molecule has 0 atom stereocenters. The molecule has 0 N–H and O–H groups in total. The third-order valence-electron chi connectivity index (χ3n) is 14.4. The van der Waals surface area contributed by atoms with Crippen LogP contribution in [0.15, 0.2) is 146 Å². The fraction of sp³-hybridized carbons (Fsp3) is 0.192. The maximum absolute atomic E-state index is 2.52. The Hall–Kier alpha value is -5.24. The highest BCUT2D eigenvalue weighted by atomic mass is 32.1. The van der Waals surface area contributed by atoms with Crippen molar-refractivity contribution in [2.24, 2.45) is 23.7 Å². The van der Waals surface area contributed by atoms with Crippen molar-refractivity contribution in [1.82, 2.24) is 0 Å². The van der Waals surface area contributed by atoms with E-state index in [1.54, 1.807) is 11.1 Å². The predicted molar refractivity (Wildman–Crippen MR) is 226 cm³/mol. The quantitative estimate of drug-likeness (QED) is 0.158. The summed E-state index contributed by atoms with van der Waals surface area (Å²) in [4.78, 5) is 0. The minimum atomic E-state index is 0.136. The summed E-state index contributed by atoms with van der Waals surface area (Å²) in [6.07, 6.45) is 7.09. The van der Waals surface area contributed by atoms with Crippen molar-refractivity contribution >= 4 is 63.8 Å². The van der Waals surface area contributed by atoms with Gasteiger partial charge in [0.1, 0.15) is 0 Å². The van der Waals surface area contributed by atoms with Gasteiger partial charge in [-0.3, -0.25) is 0 Å². The largest absolute Gasteiger partial charge is 0.135 e. The van der Waals surface area contributed by atoms with Crippen LogP contribution in [-0.2, 0) is 5.41 Å². The Labute approximate surface area is 313 Å². The van der Waals surface area contributed by atoms with E-state index in [1.165, 1.54) is 118 Å². The van der Waals surface area contributed by atoms with Crippen LogP contribution in [-0.4, -0.2) is 0 Å². The average Bonchev–Trinajstić information content (AvgIpc) is 3.72. The smallest absolute Gasteiger partial charge is 0.0361 e. The van der Waals surface area contributed by atoms with E-state index < -0.39 is 0 Å². The monoisotopic (exact) mass is 694 g/mol. The van der Waals surface area contributed by atoms with Gasteiger partial charge in [-0.05, 0) is 145 Å². The van der Waals surface area contributed by atoms with Crippen LogP contribution < -0.4 is 0 Å². The second kappa shape index (κ2) is 10.5. The maximum Gasteiger partial charge on any atom is 0.0361 e. The van der Waals surface area contributed by atoms with Gasteiger partial charge in [0.2, 0.25) is 0 Å². The van der Waals surface area contributed by atoms with Gasteiger partial charge < -0.3 is 0 Å². The van der Waals surface area contributed by atoms with Gasteiger partial charge in [-0.15, -0.1) is 11.3 Å². The highest BCUT2D eigenvalue weighted by Gasteiger charge is 2.62. The van der Waals surface area contributed by atoms with Gasteiger partial charge in [-0.25, -0.2) is 0 Å². The first-order chi connectivity index (χ1) is 26.3. The number of thiophene rings is 1. The van der Waals surface area contributed by atoms with Crippen LogP contribution in [0.2, 0.25) is 0 Å². The van der Waals surface area contributed by atoms with E-state index in [9.17, 15) is 0 Å². The summed E-state index contributed by atoms with van der Waals surface area (Å²) in [5, 5.41) is 10.9. The van der Waals surface area contributed by atoms with Crippen molar-refractivity contribution in [2.45, 2.75) is 37.5 Å². The van der Waals surface area contributed by atoms with Crippen molar-refractivity contribution < 1.29 is 0 Å². The SMILES string of the molecule is c1ccc2c(c1)-c1ccc3c(-c4c5ccccc5c(-c5ccc6c(c5)sc5ccccc56)c5ccccc45)cccc3c1C21C2CC3CC(C2)CC1C3. The summed E-state index contributed by atoms with van der Waals surface area (Å²) in [6, 6.07) is 56.2. The summed E-state index contributed by atoms with van der Waals surface area (Å²) in [5.74, 6) is 3.35. The third kappa shape index (κ3) is 3.72. The fourth-order valence-corrected chi connectivity index (χ4v) is 14.0. The normalized spacial score (nSPS) is 23.9. The zero-order valence-corrected chi connectivity index (χ0v) is 30.4. The van der Waals surface area contributed by atoms with Crippen LogP contribution in [0.1, 0.15) is 43.2 Å². The second-order valence-corrected chi connectivity index (χ2v) is 17.8. The zero-order valence-electron chi connectivity index (χ0n) is 29.6. The molecule has 8 aromatic carbocycles. The first-order valence-corrected chi connectivity index (χ1v) is 20.6. The van der Waals surface area contributed by atoms with Crippen LogP contribution in [0.5, 0.6) is 0 Å². The molecule has 4 bridgehead atoms. The van der Waals surface area contributed by atoms with E-state index in [-0.39, 0.29) is 5.41 Å². The Balaban J connectivity index is 1.09. The highest BCUT2D eigenvalue weighted by Crippen LogP contribution is 2.70. The van der Waals surface area contributed by atoms with Crippen molar-refractivity contribution in [3.05, 3.63) is 157 Å². The van der Waals surface area contributed by atoms with Gasteiger partial charge in [-0.1, -0.05) is 133 Å². The molecule has 1 heteroatoms. The van der Waals surface area contributed by atoms with Crippen molar-refractivity contribution in [2.75, 3.05) is 0 Å².